The van der Waals surface area contributed by atoms with Crippen molar-refractivity contribution in [3.63, 3.8) is 0 Å². The van der Waals surface area contributed by atoms with Crippen LogP contribution in [0.5, 0.6) is 5.75 Å². The number of carbonyl (C=O) groups is 1. The first-order chi connectivity index (χ1) is 13.0. The number of carbonyl (C=O) groups excluding carboxylic acids is 1. The first-order valence-electron chi connectivity index (χ1n) is 8.68. The van der Waals surface area contributed by atoms with Gasteiger partial charge in [-0.1, -0.05) is 24.3 Å². The highest BCUT2D eigenvalue weighted by Gasteiger charge is 2.07. The van der Waals surface area contributed by atoms with Gasteiger partial charge in [-0.2, -0.15) is 5.10 Å². The van der Waals surface area contributed by atoms with Gasteiger partial charge in [0.05, 0.1) is 12.8 Å². The molecule has 0 heterocycles. The van der Waals surface area contributed by atoms with E-state index in [2.05, 4.69) is 10.5 Å². The maximum Gasteiger partial charge on any atom is 0.271 e. The standard InChI is InChI=1S/C22H23N3O2/c1-15(16-8-9-18-14-21(27-4)11-10-17(18)12-16)23-24-22(26)19-6-5-7-20(13-19)25(2)3/h5-14H,1-4H3,(H,24,26)/b23-15+. The van der Waals surface area contributed by atoms with Gasteiger partial charge in [-0.15, -0.1) is 0 Å². The van der Waals surface area contributed by atoms with E-state index < -0.39 is 0 Å². The summed E-state index contributed by atoms with van der Waals surface area (Å²) in [5.41, 5.74) is 5.87. The normalized spacial score (nSPS) is 11.3. The van der Waals surface area contributed by atoms with E-state index in [0.717, 1.165) is 33.5 Å². The molecule has 5 nitrogen and oxygen atoms in total. The molecule has 5 heteroatoms. The Morgan fingerprint density at radius 2 is 1.70 bits per heavy atom. The SMILES string of the molecule is COc1ccc2cc(/C(C)=N/NC(=O)c3cccc(N(C)C)c3)ccc2c1. The summed E-state index contributed by atoms with van der Waals surface area (Å²) in [5, 5.41) is 6.45. The minimum Gasteiger partial charge on any atom is -0.497 e. The van der Waals surface area contributed by atoms with Crippen LogP contribution in [0.25, 0.3) is 10.8 Å². The molecule has 0 aliphatic carbocycles. The van der Waals surface area contributed by atoms with Gasteiger partial charge in [-0.05, 0) is 59.7 Å². The largest absolute Gasteiger partial charge is 0.497 e. The minimum absolute atomic E-state index is 0.233. The molecule has 0 atom stereocenters. The monoisotopic (exact) mass is 361 g/mol. The van der Waals surface area contributed by atoms with Crippen molar-refractivity contribution in [2.24, 2.45) is 5.10 Å². The van der Waals surface area contributed by atoms with Gasteiger partial charge in [-0.3, -0.25) is 4.79 Å². The number of hydrogen-bond acceptors (Lipinski definition) is 4. The number of nitrogens with one attached hydrogen (secondary N) is 1. The van der Waals surface area contributed by atoms with Crippen LogP contribution in [0.3, 0.4) is 0 Å². The van der Waals surface area contributed by atoms with E-state index in [-0.39, 0.29) is 5.91 Å². The highest BCUT2D eigenvalue weighted by molar-refractivity contribution is 6.03. The average Bonchev–Trinajstić information content (AvgIpc) is 2.70. The molecule has 0 unspecified atom stereocenters. The molecule has 3 aromatic carbocycles. The van der Waals surface area contributed by atoms with E-state index in [1.807, 2.05) is 80.5 Å². The van der Waals surface area contributed by atoms with Crippen LogP contribution in [0.1, 0.15) is 22.8 Å². The van der Waals surface area contributed by atoms with Crippen molar-refractivity contribution in [3.8, 4) is 5.75 Å². The molecular weight excluding hydrogens is 338 g/mol. The molecule has 1 N–H and O–H groups in total. The summed E-state index contributed by atoms with van der Waals surface area (Å²) in [7, 11) is 5.53. The third-order valence-electron chi connectivity index (χ3n) is 4.42. The number of hydrogen-bond donors (Lipinski definition) is 1. The molecule has 0 fully saturated rings. The quantitative estimate of drug-likeness (QED) is 0.551. The maximum atomic E-state index is 12.4. The second-order valence-corrected chi connectivity index (χ2v) is 6.51. The summed E-state index contributed by atoms with van der Waals surface area (Å²) in [4.78, 5) is 14.3. The highest BCUT2D eigenvalue weighted by atomic mass is 16.5. The molecule has 0 aromatic heterocycles. The molecule has 0 bridgehead atoms. The predicted octanol–water partition coefficient (Wildman–Crippen LogP) is 4.07. The van der Waals surface area contributed by atoms with Gasteiger partial charge in [0.25, 0.3) is 5.91 Å². The van der Waals surface area contributed by atoms with Crippen molar-refractivity contribution in [1.82, 2.24) is 5.43 Å². The second kappa shape index (κ2) is 7.91. The summed E-state index contributed by atoms with van der Waals surface area (Å²) in [6.07, 6.45) is 0. The van der Waals surface area contributed by atoms with Crippen molar-refractivity contribution >= 4 is 28.1 Å². The van der Waals surface area contributed by atoms with E-state index in [0.29, 0.717) is 5.56 Å². The topological polar surface area (TPSA) is 53.9 Å². The zero-order valence-electron chi connectivity index (χ0n) is 16.0. The number of rotatable bonds is 5. The van der Waals surface area contributed by atoms with Gasteiger partial charge in [-0.25, -0.2) is 5.43 Å². The Balaban J connectivity index is 1.78. The number of methoxy groups -OCH3 is 1. The van der Waals surface area contributed by atoms with Gasteiger partial charge in [0.2, 0.25) is 0 Å². The van der Waals surface area contributed by atoms with E-state index in [1.165, 1.54) is 0 Å². The van der Waals surface area contributed by atoms with Crippen molar-refractivity contribution in [1.29, 1.82) is 0 Å². The van der Waals surface area contributed by atoms with Crippen molar-refractivity contribution in [2.75, 3.05) is 26.1 Å². The molecule has 0 radical (unpaired) electrons. The Kier molecular flexibility index (Phi) is 5.41. The number of hydrazone groups is 1. The zero-order chi connectivity index (χ0) is 19.4. The zero-order valence-corrected chi connectivity index (χ0v) is 16.0. The van der Waals surface area contributed by atoms with Crippen LogP contribution >= 0.6 is 0 Å². The third kappa shape index (κ3) is 4.26. The maximum absolute atomic E-state index is 12.4. The lowest BCUT2D eigenvalue weighted by Gasteiger charge is -2.13. The van der Waals surface area contributed by atoms with Crippen molar-refractivity contribution in [2.45, 2.75) is 6.92 Å². The van der Waals surface area contributed by atoms with Crippen LogP contribution in [0, 0.1) is 0 Å². The molecule has 0 spiro atoms. The van der Waals surface area contributed by atoms with Crippen LogP contribution in [0.2, 0.25) is 0 Å². The van der Waals surface area contributed by atoms with Crippen molar-refractivity contribution in [3.05, 3.63) is 71.8 Å². The lowest BCUT2D eigenvalue weighted by Crippen LogP contribution is -2.20. The molecule has 27 heavy (non-hydrogen) atoms. The summed E-state index contributed by atoms with van der Waals surface area (Å²) in [6, 6.07) is 19.4. The average molecular weight is 361 g/mol. The first-order valence-corrected chi connectivity index (χ1v) is 8.68. The van der Waals surface area contributed by atoms with E-state index in [9.17, 15) is 4.79 Å². The minimum atomic E-state index is -0.233. The van der Waals surface area contributed by atoms with E-state index in [1.54, 1.807) is 13.2 Å². The van der Waals surface area contributed by atoms with Gasteiger partial charge < -0.3 is 9.64 Å². The summed E-state index contributed by atoms with van der Waals surface area (Å²) >= 11 is 0. The first kappa shape index (κ1) is 18.5. The number of benzene rings is 3. The number of amides is 1. The van der Waals surface area contributed by atoms with Crippen LogP contribution in [0.15, 0.2) is 65.8 Å². The van der Waals surface area contributed by atoms with Crippen LogP contribution in [0.4, 0.5) is 5.69 Å². The Labute approximate surface area is 159 Å². The molecule has 1 amide bonds. The summed E-state index contributed by atoms with van der Waals surface area (Å²) < 4.78 is 5.26. The Bertz CT molecular complexity index is 1010. The van der Waals surface area contributed by atoms with Crippen LogP contribution < -0.4 is 15.1 Å². The molecule has 3 aromatic rings. The van der Waals surface area contributed by atoms with E-state index >= 15 is 0 Å². The smallest absolute Gasteiger partial charge is 0.271 e. The lowest BCUT2D eigenvalue weighted by atomic mass is 10.0. The molecule has 0 aliphatic rings. The predicted molar refractivity (Wildman–Crippen MR) is 111 cm³/mol. The molecular formula is C22H23N3O2. The van der Waals surface area contributed by atoms with E-state index in [4.69, 9.17) is 4.74 Å². The summed E-state index contributed by atoms with van der Waals surface area (Å²) in [5.74, 6) is 0.594. The molecule has 3 rings (SSSR count). The van der Waals surface area contributed by atoms with Gasteiger partial charge in [0.15, 0.2) is 0 Å². The fourth-order valence-electron chi connectivity index (χ4n) is 2.76. The number of anilines is 1. The molecule has 138 valence electrons. The Morgan fingerprint density at radius 3 is 2.44 bits per heavy atom. The van der Waals surface area contributed by atoms with Gasteiger partial charge >= 0.3 is 0 Å². The van der Waals surface area contributed by atoms with Crippen LogP contribution in [-0.4, -0.2) is 32.8 Å². The summed E-state index contributed by atoms with van der Waals surface area (Å²) in [6.45, 7) is 1.88. The van der Waals surface area contributed by atoms with Gasteiger partial charge in [0, 0.05) is 25.3 Å². The number of fused-ring (bicyclic) bond motifs is 1. The fourth-order valence-corrected chi connectivity index (χ4v) is 2.76. The number of ether oxygens (including phenoxy) is 1. The van der Waals surface area contributed by atoms with Crippen molar-refractivity contribution < 1.29 is 9.53 Å². The Hall–Kier alpha value is -3.34. The third-order valence-corrected chi connectivity index (χ3v) is 4.42. The lowest BCUT2D eigenvalue weighted by molar-refractivity contribution is 0.0955. The Morgan fingerprint density at radius 1 is 0.963 bits per heavy atom. The molecule has 0 aliphatic heterocycles. The highest BCUT2D eigenvalue weighted by Crippen LogP contribution is 2.22. The second-order valence-electron chi connectivity index (χ2n) is 6.51. The molecule has 0 saturated heterocycles. The molecule has 0 saturated carbocycles. The number of nitrogens with zero attached hydrogens (tertiary/aromatic N) is 2. The van der Waals surface area contributed by atoms with Gasteiger partial charge in [0.1, 0.15) is 5.75 Å². The fraction of sp³-hybridized carbons (Fsp3) is 0.182. The van der Waals surface area contributed by atoms with Crippen LogP contribution in [-0.2, 0) is 0 Å².